The lowest BCUT2D eigenvalue weighted by Crippen LogP contribution is -2.49. The number of benzene rings is 1. The lowest BCUT2D eigenvalue weighted by atomic mass is 9.84. The van der Waals surface area contributed by atoms with Gasteiger partial charge < -0.3 is 15.4 Å². The van der Waals surface area contributed by atoms with Crippen LogP contribution in [0.5, 0.6) is 5.75 Å². The second-order valence-corrected chi connectivity index (χ2v) is 5.97. The summed E-state index contributed by atoms with van der Waals surface area (Å²) in [5.74, 6) is 0.952. The minimum atomic E-state index is -0.0434. The van der Waals surface area contributed by atoms with Gasteiger partial charge in [-0.25, -0.2) is 0 Å². The molecule has 0 aliphatic heterocycles. The van der Waals surface area contributed by atoms with E-state index in [1.165, 1.54) is 12.8 Å². The van der Waals surface area contributed by atoms with E-state index in [0.717, 1.165) is 17.7 Å². The van der Waals surface area contributed by atoms with Crippen LogP contribution in [-0.4, -0.2) is 30.6 Å². The number of likely N-dealkylation sites (N-methyl/N-ethyl adjacent to an activating group) is 1. The summed E-state index contributed by atoms with van der Waals surface area (Å²) >= 11 is 0. The van der Waals surface area contributed by atoms with E-state index < -0.39 is 0 Å². The molecule has 1 aliphatic carbocycles. The van der Waals surface area contributed by atoms with Gasteiger partial charge in [0.2, 0.25) is 0 Å². The number of hydrogen-bond donors (Lipinski definition) is 1. The Balaban J connectivity index is 2.19. The van der Waals surface area contributed by atoms with Crippen LogP contribution in [0.3, 0.4) is 0 Å². The number of nitrogens with zero attached hydrogens (tertiary/aromatic N) is 1. The Labute approximate surface area is 116 Å². The van der Waals surface area contributed by atoms with Gasteiger partial charge in [-0.1, -0.05) is 19.1 Å². The van der Waals surface area contributed by atoms with Crippen LogP contribution in [0.2, 0.25) is 0 Å². The highest BCUT2D eigenvalue weighted by Gasteiger charge is 2.33. The van der Waals surface area contributed by atoms with Crippen molar-refractivity contribution in [1.82, 2.24) is 4.90 Å². The smallest absolute Gasteiger partial charge is 0.120 e. The average molecular weight is 262 g/mol. The number of rotatable bonds is 6. The first kappa shape index (κ1) is 14.4. The highest BCUT2D eigenvalue weighted by molar-refractivity contribution is 5.32. The van der Waals surface area contributed by atoms with Crippen molar-refractivity contribution in [3.63, 3.8) is 0 Å². The molecule has 0 amide bonds. The van der Waals surface area contributed by atoms with Gasteiger partial charge in [-0.2, -0.15) is 0 Å². The van der Waals surface area contributed by atoms with Crippen molar-refractivity contribution in [2.24, 2.45) is 5.73 Å². The molecule has 0 spiro atoms. The van der Waals surface area contributed by atoms with E-state index in [0.29, 0.717) is 6.10 Å². The first-order chi connectivity index (χ1) is 8.97. The van der Waals surface area contributed by atoms with E-state index in [1.54, 1.807) is 0 Å². The third-order valence-corrected chi connectivity index (χ3v) is 4.45. The van der Waals surface area contributed by atoms with Gasteiger partial charge in [0.1, 0.15) is 5.75 Å². The maximum absolute atomic E-state index is 6.50. The molecule has 0 aromatic heterocycles. The van der Waals surface area contributed by atoms with E-state index in [1.807, 2.05) is 12.1 Å². The minimum absolute atomic E-state index is 0.0183. The van der Waals surface area contributed by atoms with Gasteiger partial charge >= 0.3 is 0 Å². The van der Waals surface area contributed by atoms with E-state index in [9.17, 15) is 0 Å². The molecule has 0 saturated heterocycles. The predicted molar refractivity (Wildman–Crippen MR) is 79.4 cm³/mol. The number of hydrogen-bond acceptors (Lipinski definition) is 3. The van der Waals surface area contributed by atoms with Crippen molar-refractivity contribution in [1.29, 1.82) is 0 Å². The van der Waals surface area contributed by atoms with E-state index in [-0.39, 0.29) is 11.6 Å². The number of ether oxygens (including phenoxy) is 1. The molecule has 106 valence electrons. The summed E-state index contributed by atoms with van der Waals surface area (Å²) in [7, 11) is 4.18. The highest BCUT2D eigenvalue weighted by atomic mass is 16.5. The van der Waals surface area contributed by atoms with Gasteiger partial charge in [0.15, 0.2) is 0 Å². The summed E-state index contributed by atoms with van der Waals surface area (Å²) in [6, 6.07) is 8.24. The molecule has 1 aromatic rings. The predicted octanol–water partition coefficient (Wildman–Crippen LogP) is 2.96. The topological polar surface area (TPSA) is 38.5 Å². The van der Waals surface area contributed by atoms with Crippen LogP contribution in [0, 0.1) is 0 Å². The van der Waals surface area contributed by atoms with Crippen molar-refractivity contribution in [3.05, 3.63) is 29.8 Å². The fourth-order valence-corrected chi connectivity index (χ4v) is 2.33. The third-order valence-electron chi connectivity index (χ3n) is 4.45. The molecular formula is C16H26N2O. The Morgan fingerprint density at radius 1 is 1.42 bits per heavy atom. The Morgan fingerprint density at radius 3 is 2.63 bits per heavy atom. The van der Waals surface area contributed by atoms with Crippen LogP contribution in [0.25, 0.3) is 0 Å². The van der Waals surface area contributed by atoms with E-state index >= 15 is 0 Å². The molecule has 1 aliphatic rings. The fraction of sp³-hybridized carbons (Fsp3) is 0.625. The fourth-order valence-electron chi connectivity index (χ4n) is 2.33. The standard InChI is InChI=1S/C16H26N2O/c1-5-16(2,18(3)4)15(17)12-7-6-8-14(11-12)19-13-9-10-13/h6-8,11,13,15H,5,9-10,17H2,1-4H3. The summed E-state index contributed by atoms with van der Waals surface area (Å²) < 4.78 is 5.85. The molecule has 3 heteroatoms. The molecule has 0 heterocycles. The molecule has 19 heavy (non-hydrogen) atoms. The van der Waals surface area contributed by atoms with Crippen molar-refractivity contribution in [2.75, 3.05) is 14.1 Å². The zero-order chi connectivity index (χ0) is 14.0. The Kier molecular flexibility index (Phi) is 4.16. The first-order valence-electron chi connectivity index (χ1n) is 7.17. The van der Waals surface area contributed by atoms with Crippen molar-refractivity contribution in [2.45, 2.75) is 50.8 Å². The monoisotopic (exact) mass is 262 g/mol. The first-order valence-corrected chi connectivity index (χ1v) is 7.17. The van der Waals surface area contributed by atoms with Crippen LogP contribution in [0.1, 0.15) is 44.7 Å². The largest absolute Gasteiger partial charge is 0.490 e. The summed E-state index contributed by atoms with van der Waals surface area (Å²) in [6.45, 7) is 4.40. The summed E-state index contributed by atoms with van der Waals surface area (Å²) in [4.78, 5) is 2.21. The van der Waals surface area contributed by atoms with Gasteiger partial charge in [0.25, 0.3) is 0 Å². The zero-order valence-electron chi connectivity index (χ0n) is 12.5. The SMILES string of the molecule is CCC(C)(C(N)c1cccc(OC2CC2)c1)N(C)C. The highest BCUT2D eigenvalue weighted by Crippen LogP contribution is 2.33. The lowest BCUT2D eigenvalue weighted by Gasteiger charge is -2.41. The van der Waals surface area contributed by atoms with Crippen molar-refractivity contribution >= 4 is 0 Å². The second kappa shape index (κ2) is 5.51. The Hall–Kier alpha value is -1.06. The molecule has 1 fully saturated rings. The average Bonchev–Trinajstić information content (AvgIpc) is 3.21. The normalized spacial score (nSPS) is 20.1. The molecule has 2 rings (SSSR count). The number of nitrogens with two attached hydrogens (primary N) is 1. The summed E-state index contributed by atoms with van der Waals surface area (Å²) in [6.07, 6.45) is 3.80. The Morgan fingerprint density at radius 2 is 2.11 bits per heavy atom. The third kappa shape index (κ3) is 3.10. The maximum Gasteiger partial charge on any atom is 0.120 e. The summed E-state index contributed by atoms with van der Waals surface area (Å²) in [5.41, 5.74) is 7.61. The molecular weight excluding hydrogens is 236 g/mol. The van der Waals surface area contributed by atoms with Crippen LogP contribution >= 0.6 is 0 Å². The van der Waals surface area contributed by atoms with E-state index in [2.05, 4.69) is 45.0 Å². The lowest BCUT2D eigenvalue weighted by molar-refractivity contribution is 0.132. The van der Waals surface area contributed by atoms with Crippen LogP contribution in [-0.2, 0) is 0 Å². The van der Waals surface area contributed by atoms with Crippen molar-refractivity contribution < 1.29 is 4.74 Å². The quantitative estimate of drug-likeness (QED) is 0.856. The molecule has 1 aromatic carbocycles. The van der Waals surface area contributed by atoms with Gasteiger partial charge in [-0.15, -0.1) is 0 Å². The molecule has 2 unspecified atom stereocenters. The molecule has 0 radical (unpaired) electrons. The van der Waals surface area contributed by atoms with Gasteiger partial charge in [0, 0.05) is 11.6 Å². The second-order valence-electron chi connectivity index (χ2n) is 5.97. The molecule has 2 N–H and O–H groups in total. The van der Waals surface area contributed by atoms with E-state index in [4.69, 9.17) is 10.5 Å². The van der Waals surface area contributed by atoms with Crippen molar-refractivity contribution in [3.8, 4) is 5.75 Å². The summed E-state index contributed by atoms with van der Waals surface area (Å²) in [5, 5.41) is 0. The Bertz CT molecular complexity index is 429. The van der Waals surface area contributed by atoms with Crippen LogP contribution < -0.4 is 10.5 Å². The molecule has 3 nitrogen and oxygen atoms in total. The van der Waals surface area contributed by atoms with Gasteiger partial charge in [0.05, 0.1) is 6.10 Å². The minimum Gasteiger partial charge on any atom is -0.490 e. The van der Waals surface area contributed by atoms with Gasteiger partial charge in [-0.3, -0.25) is 0 Å². The maximum atomic E-state index is 6.50. The van der Waals surface area contributed by atoms with Gasteiger partial charge in [-0.05, 0) is 58.0 Å². The molecule has 0 bridgehead atoms. The molecule has 2 atom stereocenters. The van der Waals surface area contributed by atoms with Crippen LogP contribution in [0.15, 0.2) is 24.3 Å². The molecule has 1 saturated carbocycles. The zero-order valence-corrected chi connectivity index (χ0v) is 12.5. The van der Waals surface area contributed by atoms with Crippen LogP contribution in [0.4, 0.5) is 0 Å².